The first-order chi connectivity index (χ1) is 8.63. The number of carbonyl (C=O) groups is 1. The smallest absolute Gasteiger partial charge is 0.194 e. The molecule has 0 bridgehead atoms. The summed E-state index contributed by atoms with van der Waals surface area (Å²) in [5.41, 5.74) is 0.437. The van der Waals surface area contributed by atoms with Crippen LogP contribution < -0.4 is 0 Å². The molecule has 0 N–H and O–H groups in total. The second-order valence-electron chi connectivity index (χ2n) is 4.22. The van der Waals surface area contributed by atoms with Crippen LogP contribution in [0.5, 0.6) is 0 Å². The number of hydrogen-bond donors (Lipinski definition) is 0. The molecule has 0 aliphatic carbocycles. The number of Topliss-reactive ketones (excluding diaryl/α,β-unsaturated/α-hetero) is 1. The van der Waals surface area contributed by atoms with E-state index in [0.717, 1.165) is 13.1 Å². The van der Waals surface area contributed by atoms with Gasteiger partial charge in [0.25, 0.3) is 0 Å². The van der Waals surface area contributed by atoms with Gasteiger partial charge in [-0.1, -0.05) is 36.2 Å². The molecule has 1 aromatic rings. The number of benzene rings is 1. The Morgan fingerprint density at radius 3 is 3.00 bits per heavy atom. The zero-order valence-electron chi connectivity index (χ0n) is 10.2. The van der Waals surface area contributed by atoms with Crippen LogP contribution >= 0.6 is 23.2 Å². The Labute approximate surface area is 117 Å². The summed E-state index contributed by atoms with van der Waals surface area (Å²) in [6, 6.07) is 5.08. The summed E-state index contributed by atoms with van der Waals surface area (Å²) in [6.45, 7) is 5.03. The second-order valence-corrected chi connectivity index (χ2v) is 5.00. The third-order valence-corrected chi connectivity index (χ3v) is 3.93. The number of ketones is 1. The van der Waals surface area contributed by atoms with E-state index in [1.54, 1.807) is 18.2 Å². The van der Waals surface area contributed by atoms with Gasteiger partial charge in [0.2, 0.25) is 0 Å². The molecule has 5 heteroatoms. The van der Waals surface area contributed by atoms with E-state index in [4.69, 9.17) is 27.9 Å². The molecule has 1 unspecified atom stereocenters. The fourth-order valence-electron chi connectivity index (χ4n) is 2.02. The first kappa shape index (κ1) is 13.8. The van der Waals surface area contributed by atoms with Crippen molar-refractivity contribution in [2.45, 2.75) is 13.0 Å². The number of rotatable bonds is 3. The minimum Gasteiger partial charge on any atom is -0.367 e. The molecule has 2 rings (SSSR count). The van der Waals surface area contributed by atoms with Crippen molar-refractivity contribution < 1.29 is 9.53 Å². The number of ether oxygens (including phenoxy) is 1. The second kappa shape index (κ2) is 6.02. The number of nitrogens with zero attached hydrogens (tertiary/aromatic N) is 1. The third kappa shape index (κ3) is 2.86. The van der Waals surface area contributed by atoms with Gasteiger partial charge in [0, 0.05) is 18.7 Å². The monoisotopic (exact) mass is 287 g/mol. The molecule has 1 aliphatic heterocycles. The normalized spacial score (nSPS) is 20.9. The lowest BCUT2D eigenvalue weighted by Crippen LogP contribution is -2.45. The van der Waals surface area contributed by atoms with E-state index < -0.39 is 6.10 Å². The topological polar surface area (TPSA) is 29.5 Å². The van der Waals surface area contributed by atoms with Crippen molar-refractivity contribution >= 4 is 29.0 Å². The molecule has 0 amide bonds. The average molecular weight is 288 g/mol. The molecule has 0 saturated carbocycles. The predicted molar refractivity (Wildman–Crippen MR) is 72.6 cm³/mol. The van der Waals surface area contributed by atoms with Crippen LogP contribution in [0.1, 0.15) is 17.3 Å². The minimum absolute atomic E-state index is 0.0966. The van der Waals surface area contributed by atoms with Crippen molar-refractivity contribution in [2.24, 2.45) is 0 Å². The van der Waals surface area contributed by atoms with E-state index in [-0.39, 0.29) is 5.78 Å². The van der Waals surface area contributed by atoms with Gasteiger partial charge in [-0.25, -0.2) is 0 Å². The summed E-state index contributed by atoms with van der Waals surface area (Å²) < 4.78 is 5.53. The first-order valence-corrected chi connectivity index (χ1v) is 6.71. The number of morpholine rings is 1. The van der Waals surface area contributed by atoms with Crippen molar-refractivity contribution in [1.82, 2.24) is 4.90 Å². The lowest BCUT2D eigenvalue weighted by Gasteiger charge is -2.31. The Balaban J connectivity index is 2.18. The maximum absolute atomic E-state index is 12.3. The van der Waals surface area contributed by atoms with Crippen LogP contribution in [-0.4, -0.2) is 43.0 Å². The summed E-state index contributed by atoms with van der Waals surface area (Å²) in [5, 5.41) is 0.701. The maximum Gasteiger partial charge on any atom is 0.194 e. The lowest BCUT2D eigenvalue weighted by molar-refractivity contribution is -0.0148. The molecule has 1 fully saturated rings. The van der Waals surface area contributed by atoms with Crippen molar-refractivity contribution in [3.63, 3.8) is 0 Å². The first-order valence-electron chi connectivity index (χ1n) is 5.95. The van der Waals surface area contributed by atoms with Crippen LogP contribution in [0, 0.1) is 0 Å². The Hall–Kier alpha value is -0.610. The number of hydrogen-bond acceptors (Lipinski definition) is 3. The largest absolute Gasteiger partial charge is 0.367 e. The molecule has 0 radical (unpaired) electrons. The molecule has 1 saturated heterocycles. The minimum atomic E-state index is -0.449. The summed E-state index contributed by atoms with van der Waals surface area (Å²) in [4.78, 5) is 14.5. The molecule has 18 heavy (non-hydrogen) atoms. The molecule has 0 aromatic heterocycles. The SMILES string of the molecule is CCN1CCOC(C(=O)c2cccc(Cl)c2Cl)C1. The molecule has 3 nitrogen and oxygen atoms in total. The van der Waals surface area contributed by atoms with Gasteiger partial charge >= 0.3 is 0 Å². The van der Waals surface area contributed by atoms with Crippen LogP contribution in [0.2, 0.25) is 10.0 Å². The van der Waals surface area contributed by atoms with Crippen molar-refractivity contribution in [3.05, 3.63) is 33.8 Å². The Morgan fingerprint density at radius 1 is 1.50 bits per heavy atom. The fraction of sp³-hybridized carbons (Fsp3) is 0.462. The summed E-state index contributed by atoms with van der Waals surface area (Å²) in [7, 11) is 0. The summed E-state index contributed by atoms with van der Waals surface area (Å²) in [5.74, 6) is -0.0966. The Morgan fingerprint density at radius 2 is 2.28 bits per heavy atom. The van der Waals surface area contributed by atoms with Crippen LogP contribution in [0.4, 0.5) is 0 Å². The van der Waals surface area contributed by atoms with Crippen molar-refractivity contribution in [2.75, 3.05) is 26.2 Å². The average Bonchev–Trinajstić information content (AvgIpc) is 2.41. The van der Waals surface area contributed by atoms with Crippen LogP contribution in [0.15, 0.2) is 18.2 Å². The molecule has 1 heterocycles. The van der Waals surface area contributed by atoms with Crippen molar-refractivity contribution in [3.8, 4) is 0 Å². The van der Waals surface area contributed by atoms with Gasteiger partial charge in [-0.3, -0.25) is 9.69 Å². The highest BCUT2D eigenvalue weighted by Gasteiger charge is 2.28. The molecular weight excluding hydrogens is 273 g/mol. The van der Waals surface area contributed by atoms with Gasteiger partial charge < -0.3 is 4.74 Å². The molecule has 1 aromatic carbocycles. The maximum atomic E-state index is 12.3. The number of carbonyl (C=O) groups excluding carboxylic acids is 1. The zero-order valence-corrected chi connectivity index (χ0v) is 11.7. The Kier molecular flexibility index (Phi) is 4.62. The van der Waals surface area contributed by atoms with Gasteiger partial charge in [-0.2, -0.15) is 0 Å². The third-order valence-electron chi connectivity index (χ3n) is 3.11. The van der Waals surface area contributed by atoms with E-state index >= 15 is 0 Å². The predicted octanol–water partition coefficient (Wildman–Crippen LogP) is 2.90. The van der Waals surface area contributed by atoms with E-state index in [2.05, 4.69) is 11.8 Å². The van der Waals surface area contributed by atoms with Crippen LogP contribution in [0.25, 0.3) is 0 Å². The van der Waals surface area contributed by atoms with Crippen molar-refractivity contribution in [1.29, 1.82) is 0 Å². The number of halogens is 2. The quantitative estimate of drug-likeness (QED) is 0.801. The molecule has 1 aliphatic rings. The highest BCUT2D eigenvalue weighted by molar-refractivity contribution is 6.44. The summed E-state index contributed by atoms with van der Waals surface area (Å²) in [6.07, 6.45) is -0.449. The molecule has 1 atom stereocenters. The Bertz CT molecular complexity index is 451. The summed E-state index contributed by atoms with van der Waals surface area (Å²) >= 11 is 12.0. The lowest BCUT2D eigenvalue weighted by atomic mass is 10.0. The molecular formula is C13H15Cl2NO2. The van der Waals surface area contributed by atoms with E-state index in [0.29, 0.717) is 28.8 Å². The zero-order chi connectivity index (χ0) is 13.1. The van der Waals surface area contributed by atoms with Gasteiger partial charge in [0.15, 0.2) is 5.78 Å². The van der Waals surface area contributed by atoms with Crippen LogP contribution in [-0.2, 0) is 4.74 Å². The molecule has 98 valence electrons. The van der Waals surface area contributed by atoms with Crippen LogP contribution in [0.3, 0.4) is 0 Å². The van der Waals surface area contributed by atoms with Gasteiger partial charge in [-0.05, 0) is 18.7 Å². The van der Waals surface area contributed by atoms with E-state index in [1.165, 1.54) is 0 Å². The van der Waals surface area contributed by atoms with Gasteiger partial charge in [0.05, 0.1) is 16.7 Å². The van der Waals surface area contributed by atoms with Gasteiger partial charge in [-0.15, -0.1) is 0 Å². The molecule has 0 spiro atoms. The van der Waals surface area contributed by atoms with Gasteiger partial charge in [0.1, 0.15) is 6.10 Å². The van der Waals surface area contributed by atoms with E-state index in [1.807, 2.05) is 0 Å². The fourth-order valence-corrected chi connectivity index (χ4v) is 2.41. The highest BCUT2D eigenvalue weighted by Crippen LogP contribution is 2.27. The number of likely N-dealkylation sites (N-methyl/N-ethyl adjacent to an activating group) is 1. The standard InChI is InChI=1S/C13H15Cl2NO2/c1-2-16-6-7-18-11(8-16)13(17)9-4-3-5-10(14)12(9)15/h3-5,11H,2,6-8H2,1H3. The van der Waals surface area contributed by atoms with E-state index in [9.17, 15) is 4.79 Å². The highest BCUT2D eigenvalue weighted by atomic mass is 35.5.